The molecule has 1 aliphatic heterocycles. The zero-order chi connectivity index (χ0) is 35.9. The number of benzene rings is 3. The van der Waals surface area contributed by atoms with Gasteiger partial charge in [-0.25, -0.2) is 28.5 Å². The molecule has 13 heteroatoms. The summed E-state index contributed by atoms with van der Waals surface area (Å²) in [5, 5.41) is 12.0. The third kappa shape index (κ3) is 4.68. The molecule has 3 aliphatic rings. The molecule has 8 rings (SSSR count). The largest absolute Gasteiger partial charge is 0.507 e. The lowest BCUT2D eigenvalue weighted by Crippen LogP contribution is -2.41. The number of nitrogens with zero attached hydrogens (tertiary/aromatic N) is 5. The van der Waals surface area contributed by atoms with Crippen LogP contribution in [0.15, 0.2) is 97.4 Å². The number of methoxy groups -OCH3 is 2. The normalized spacial score (nSPS) is 18.4. The van der Waals surface area contributed by atoms with Gasteiger partial charge in [0, 0.05) is 66.6 Å². The van der Waals surface area contributed by atoms with Crippen molar-refractivity contribution in [3.05, 3.63) is 126 Å². The molecule has 2 aliphatic carbocycles. The van der Waals surface area contributed by atoms with Crippen molar-refractivity contribution in [1.82, 2.24) is 23.5 Å². The second-order valence-electron chi connectivity index (χ2n) is 13.0. The molecule has 0 saturated heterocycles. The molecule has 258 valence electrons. The van der Waals surface area contributed by atoms with Crippen molar-refractivity contribution in [1.29, 1.82) is 0 Å². The first-order valence-corrected chi connectivity index (χ1v) is 16.5. The van der Waals surface area contributed by atoms with Gasteiger partial charge in [-0.15, -0.1) is 0 Å². The van der Waals surface area contributed by atoms with Crippen LogP contribution in [0.1, 0.15) is 36.6 Å². The molecule has 5 aromatic rings. The molecule has 0 fully saturated rings. The van der Waals surface area contributed by atoms with Gasteiger partial charge in [0.25, 0.3) is 5.56 Å². The smallest absolute Gasteiger partial charge is 0.347 e. The van der Waals surface area contributed by atoms with Crippen LogP contribution in [0.4, 0.5) is 0 Å². The van der Waals surface area contributed by atoms with Crippen molar-refractivity contribution >= 4 is 33.4 Å². The molecule has 0 saturated carbocycles. The highest BCUT2D eigenvalue weighted by Crippen LogP contribution is 2.51. The van der Waals surface area contributed by atoms with E-state index in [1.54, 1.807) is 50.4 Å². The molecule has 0 amide bonds. The summed E-state index contributed by atoms with van der Waals surface area (Å²) < 4.78 is 16.0. The first-order chi connectivity index (χ1) is 24.5. The number of Topliss-reactive ketones (excluding diaryl/α,β-unsaturated/α-hetero) is 1. The summed E-state index contributed by atoms with van der Waals surface area (Å²) in [7, 11) is 4.61. The van der Waals surface area contributed by atoms with E-state index in [0.717, 1.165) is 4.57 Å². The SMILES string of the molecule is COc1cc2nc(CCn3c(=O)n4n(c3=O)[C@@H]3CC5=C(C(=O)C(C)=CC5=O)[C@@H](c5ccc(O)c6ccccc56)C3=CC4)c(=O)n(C)c2cc1OC. The monoisotopic (exact) mass is 687 g/mol. The number of aryl methyl sites for hydroxylation is 2. The van der Waals surface area contributed by atoms with Crippen LogP contribution in [0.3, 0.4) is 0 Å². The first-order valence-electron chi connectivity index (χ1n) is 16.5. The van der Waals surface area contributed by atoms with E-state index in [-0.39, 0.29) is 54.5 Å². The summed E-state index contributed by atoms with van der Waals surface area (Å²) in [6.45, 7) is 1.55. The number of allylic oxidation sites excluding steroid dienone is 6. The number of phenolic OH excluding ortho intramolecular Hbond substituents is 1. The molecule has 0 radical (unpaired) electrons. The van der Waals surface area contributed by atoms with Crippen LogP contribution >= 0.6 is 0 Å². The predicted octanol–water partition coefficient (Wildman–Crippen LogP) is 3.24. The summed E-state index contributed by atoms with van der Waals surface area (Å²) in [5.74, 6) is -0.309. The molecule has 1 N–H and O–H groups in total. The lowest BCUT2D eigenvalue weighted by molar-refractivity contribution is -0.116. The van der Waals surface area contributed by atoms with Crippen LogP contribution in [0.2, 0.25) is 0 Å². The van der Waals surface area contributed by atoms with Crippen LogP contribution in [0, 0.1) is 0 Å². The van der Waals surface area contributed by atoms with Crippen molar-refractivity contribution in [2.24, 2.45) is 7.05 Å². The molecular formula is C38H33N5O8. The van der Waals surface area contributed by atoms with Crippen LogP contribution < -0.4 is 26.4 Å². The van der Waals surface area contributed by atoms with Crippen molar-refractivity contribution in [2.45, 2.75) is 44.8 Å². The van der Waals surface area contributed by atoms with E-state index < -0.39 is 23.3 Å². The van der Waals surface area contributed by atoms with Crippen LogP contribution in [0.5, 0.6) is 17.2 Å². The molecule has 3 heterocycles. The Balaban J connectivity index is 1.22. The van der Waals surface area contributed by atoms with Crippen molar-refractivity contribution < 1.29 is 24.2 Å². The van der Waals surface area contributed by atoms with Crippen molar-refractivity contribution in [3.63, 3.8) is 0 Å². The number of hydrogen-bond donors (Lipinski definition) is 1. The molecule has 13 nitrogen and oxygen atoms in total. The van der Waals surface area contributed by atoms with Gasteiger partial charge in [-0.2, -0.15) is 0 Å². The molecule has 0 unspecified atom stereocenters. The Kier molecular flexibility index (Phi) is 7.33. The fourth-order valence-corrected chi connectivity index (χ4v) is 7.88. The molecular weight excluding hydrogens is 654 g/mol. The molecule has 2 atom stereocenters. The third-order valence-corrected chi connectivity index (χ3v) is 10.4. The average molecular weight is 688 g/mol. The second kappa shape index (κ2) is 11.7. The maximum atomic E-state index is 14.2. The number of ketones is 2. The summed E-state index contributed by atoms with van der Waals surface area (Å²) >= 11 is 0. The van der Waals surface area contributed by atoms with E-state index in [1.165, 1.54) is 34.2 Å². The Morgan fingerprint density at radius 3 is 2.41 bits per heavy atom. The fourth-order valence-electron chi connectivity index (χ4n) is 7.88. The minimum Gasteiger partial charge on any atom is -0.507 e. The third-order valence-electron chi connectivity index (χ3n) is 10.4. The molecule has 2 aromatic heterocycles. The Bertz CT molecular complexity index is 2670. The number of aromatic hydroxyl groups is 1. The number of fused-ring (bicyclic) bond motifs is 5. The van der Waals surface area contributed by atoms with Gasteiger partial charge in [-0.1, -0.05) is 36.4 Å². The van der Waals surface area contributed by atoms with Gasteiger partial charge in [-0.05, 0) is 35.6 Å². The topological polar surface area (TPSA) is 157 Å². The summed E-state index contributed by atoms with van der Waals surface area (Å²) in [6.07, 6.45) is 3.23. The van der Waals surface area contributed by atoms with E-state index in [0.29, 0.717) is 61.2 Å². The number of phenols is 1. The van der Waals surface area contributed by atoms with Gasteiger partial charge in [0.05, 0.1) is 37.8 Å². The molecule has 51 heavy (non-hydrogen) atoms. The highest BCUT2D eigenvalue weighted by molar-refractivity contribution is 6.24. The second-order valence-corrected chi connectivity index (χ2v) is 13.0. The number of carbonyl (C=O) groups is 2. The average Bonchev–Trinajstić information content (AvgIpc) is 3.38. The summed E-state index contributed by atoms with van der Waals surface area (Å²) in [6, 6.07) is 13.2. The molecule has 0 bridgehead atoms. The minimum atomic E-state index is -0.741. The Morgan fingerprint density at radius 2 is 1.67 bits per heavy atom. The van der Waals surface area contributed by atoms with Crippen molar-refractivity contribution in [2.75, 3.05) is 14.2 Å². The number of hydrogen-bond acceptors (Lipinski definition) is 9. The number of ether oxygens (including phenoxy) is 2. The van der Waals surface area contributed by atoms with E-state index >= 15 is 0 Å². The first kappa shape index (κ1) is 32.0. The van der Waals surface area contributed by atoms with Gasteiger partial charge < -0.3 is 19.1 Å². The Morgan fingerprint density at radius 1 is 0.941 bits per heavy atom. The van der Waals surface area contributed by atoms with Gasteiger partial charge in [0.15, 0.2) is 23.1 Å². The van der Waals surface area contributed by atoms with E-state index in [2.05, 4.69) is 4.98 Å². The summed E-state index contributed by atoms with van der Waals surface area (Å²) in [4.78, 5) is 73.4. The lowest BCUT2D eigenvalue weighted by atomic mass is 9.67. The standard InChI is InChI=1S/C38H33N5O8/c1-19-15-30(45)24-16-27-23(33(34(24)35(19)46)22-9-10-29(44)21-8-6-5-7-20(21)22)11-14-42-37(48)41(38(49)43(27)42)13-12-25-36(47)40(2)28-18-32(51-4)31(50-3)17-26(28)39-25/h5-11,15,17-18,27,33,44H,12-14,16H2,1-4H3/t27-,33+/m1/s1. The zero-order valence-electron chi connectivity index (χ0n) is 28.3. The van der Waals surface area contributed by atoms with Gasteiger partial charge in [0.2, 0.25) is 0 Å². The quantitative estimate of drug-likeness (QED) is 0.209. The molecule has 0 spiro atoms. The highest BCUT2D eigenvalue weighted by Gasteiger charge is 2.45. The van der Waals surface area contributed by atoms with Crippen LogP contribution in [-0.2, 0) is 36.1 Å². The fraction of sp³-hybridized carbons (Fsp3) is 0.263. The number of carbonyl (C=O) groups excluding carboxylic acids is 2. The highest BCUT2D eigenvalue weighted by atomic mass is 16.5. The number of rotatable bonds is 6. The predicted molar refractivity (Wildman–Crippen MR) is 188 cm³/mol. The summed E-state index contributed by atoms with van der Waals surface area (Å²) in [5.41, 5.74) is 2.04. The van der Waals surface area contributed by atoms with Gasteiger partial charge in [0.1, 0.15) is 11.4 Å². The Labute approximate surface area is 289 Å². The van der Waals surface area contributed by atoms with Crippen molar-refractivity contribution in [3.8, 4) is 17.2 Å². The Hall–Kier alpha value is -6.24. The van der Waals surface area contributed by atoms with E-state index in [9.17, 15) is 29.1 Å². The maximum Gasteiger partial charge on any atom is 0.347 e. The van der Waals surface area contributed by atoms with Crippen LogP contribution in [0.25, 0.3) is 21.8 Å². The van der Waals surface area contributed by atoms with Gasteiger partial charge in [-0.3, -0.25) is 14.4 Å². The van der Waals surface area contributed by atoms with Gasteiger partial charge >= 0.3 is 11.4 Å². The zero-order valence-corrected chi connectivity index (χ0v) is 28.3. The lowest BCUT2D eigenvalue weighted by Gasteiger charge is -2.40. The number of aromatic nitrogens is 5. The minimum absolute atomic E-state index is 0.00441. The van der Waals surface area contributed by atoms with E-state index in [4.69, 9.17) is 9.47 Å². The van der Waals surface area contributed by atoms with Crippen LogP contribution in [-0.4, -0.2) is 54.4 Å². The molecule has 3 aromatic carbocycles. The maximum absolute atomic E-state index is 14.2. The van der Waals surface area contributed by atoms with E-state index in [1.807, 2.05) is 18.2 Å².